The molecule has 3 aromatic rings. The predicted octanol–water partition coefficient (Wildman–Crippen LogP) is 3.99. The Balaban J connectivity index is 1.78. The van der Waals surface area contributed by atoms with Crippen LogP contribution in [-0.2, 0) is 16.1 Å². The van der Waals surface area contributed by atoms with Crippen molar-refractivity contribution in [2.24, 2.45) is 0 Å². The standard InChI is InChI=1S/C18H16O5S/c1-11-7-8-16(24-11)14(19)10-22-18(20)17-13(9-21-2)12-5-3-4-6-15(12)23-17/h3-8H,9-10H2,1-2H3. The van der Waals surface area contributed by atoms with Crippen LogP contribution >= 0.6 is 11.3 Å². The number of aryl methyl sites for hydroxylation is 1. The Morgan fingerprint density at radius 2 is 1.96 bits per heavy atom. The van der Waals surface area contributed by atoms with Crippen molar-refractivity contribution in [1.29, 1.82) is 0 Å². The Hall–Kier alpha value is -2.44. The van der Waals surface area contributed by atoms with Gasteiger partial charge >= 0.3 is 5.97 Å². The molecule has 0 spiro atoms. The molecule has 6 heteroatoms. The second-order valence-corrected chi connectivity index (χ2v) is 6.54. The molecule has 0 N–H and O–H groups in total. The van der Waals surface area contributed by atoms with E-state index in [2.05, 4.69) is 0 Å². The molecule has 0 fully saturated rings. The zero-order valence-corrected chi connectivity index (χ0v) is 14.1. The maximum absolute atomic E-state index is 12.3. The number of hydrogen-bond donors (Lipinski definition) is 0. The van der Waals surface area contributed by atoms with Gasteiger partial charge in [0.2, 0.25) is 11.5 Å². The molecule has 2 heterocycles. The highest BCUT2D eigenvalue weighted by Crippen LogP contribution is 2.27. The Labute approximate surface area is 142 Å². The zero-order valence-electron chi connectivity index (χ0n) is 13.3. The van der Waals surface area contributed by atoms with Gasteiger partial charge in [0, 0.05) is 22.9 Å². The van der Waals surface area contributed by atoms with Crippen LogP contribution in [0.25, 0.3) is 11.0 Å². The van der Waals surface area contributed by atoms with Crippen LogP contribution in [0.15, 0.2) is 40.8 Å². The van der Waals surface area contributed by atoms with E-state index < -0.39 is 5.97 Å². The summed E-state index contributed by atoms with van der Waals surface area (Å²) in [7, 11) is 1.54. The highest BCUT2D eigenvalue weighted by molar-refractivity contribution is 7.14. The number of benzene rings is 1. The molecule has 0 radical (unpaired) electrons. The number of hydrogen-bond acceptors (Lipinski definition) is 6. The number of esters is 1. The summed E-state index contributed by atoms with van der Waals surface area (Å²) in [6, 6.07) is 10.9. The topological polar surface area (TPSA) is 65.7 Å². The summed E-state index contributed by atoms with van der Waals surface area (Å²) in [4.78, 5) is 26.0. The van der Waals surface area contributed by atoms with Crippen molar-refractivity contribution in [2.75, 3.05) is 13.7 Å². The van der Waals surface area contributed by atoms with Gasteiger partial charge in [0.05, 0.1) is 11.5 Å². The van der Waals surface area contributed by atoms with Gasteiger partial charge in [0.25, 0.3) is 0 Å². The van der Waals surface area contributed by atoms with Crippen LogP contribution in [0, 0.1) is 6.92 Å². The molecule has 0 saturated carbocycles. The van der Waals surface area contributed by atoms with E-state index in [4.69, 9.17) is 13.9 Å². The van der Waals surface area contributed by atoms with Gasteiger partial charge in [-0.1, -0.05) is 18.2 Å². The van der Waals surface area contributed by atoms with Crippen molar-refractivity contribution in [1.82, 2.24) is 0 Å². The molecule has 5 nitrogen and oxygen atoms in total. The Kier molecular flexibility index (Phi) is 4.78. The lowest BCUT2D eigenvalue weighted by atomic mass is 10.1. The number of methoxy groups -OCH3 is 1. The normalized spacial score (nSPS) is 10.9. The van der Waals surface area contributed by atoms with Crippen molar-refractivity contribution >= 4 is 34.1 Å². The van der Waals surface area contributed by atoms with Crippen molar-refractivity contribution in [3.05, 3.63) is 57.5 Å². The smallest absolute Gasteiger partial charge is 0.375 e. The molecule has 2 aromatic heterocycles. The molecule has 3 rings (SSSR count). The Morgan fingerprint density at radius 3 is 2.67 bits per heavy atom. The van der Waals surface area contributed by atoms with E-state index in [9.17, 15) is 9.59 Å². The van der Waals surface area contributed by atoms with Crippen LogP contribution in [0.3, 0.4) is 0 Å². The largest absolute Gasteiger partial charge is 0.451 e. The van der Waals surface area contributed by atoms with Gasteiger partial charge in [0.15, 0.2) is 6.61 Å². The van der Waals surface area contributed by atoms with Crippen LogP contribution < -0.4 is 0 Å². The molecule has 0 saturated heterocycles. The van der Waals surface area contributed by atoms with E-state index in [0.29, 0.717) is 16.0 Å². The van der Waals surface area contributed by atoms with E-state index in [-0.39, 0.29) is 24.8 Å². The van der Waals surface area contributed by atoms with Crippen LogP contribution in [0.5, 0.6) is 0 Å². The average Bonchev–Trinajstić information content (AvgIpc) is 3.17. The van der Waals surface area contributed by atoms with Crippen LogP contribution in [0.1, 0.15) is 30.7 Å². The third-order valence-corrected chi connectivity index (χ3v) is 4.56. The van der Waals surface area contributed by atoms with Gasteiger partial charge in [-0.3, -0.25) is 4.79 Å². The first-order chi connectivity index (χ1) is 11.6. The van der Waals surface area contributed by atoms with Crippen molar-refractivity contribution in [3.8, 4) is 0 Å². The number of thiophene rings is 1. The number of furan rings is 1. The monoisotopic (exact) mass is 344 g/mol. The number of ether oxygens (including phenoxy) is 2. The average molecular weight is 344 g/mol. The first-order valence-corrected chi connectivity index (χ1v) is 8.18. The lowest BCUT2D eigenvalue weighted by Crippen LogP contribution is -2.14. The molecule has 1 aromatic carbocycles. The van der Waals surface area contributed by atoms with Crippen molar-refractivity contribution < 1.29 is 23.5 Å². The van der Waals surface area contributed by atoms with Crippen LogP contribution in [-0.4, -0.2) is 25.5 Å². The Bertz CT molecular complexity index is 890. The van der Waals surface area contributed by atoms with E-state index in [0.717, 1.165) is 10.3 Å². The third kappa shape index (κ3) is 3.25. The third-order valence-electron chi connectivity index (χ3n) is 3.52. The number of Topliss-reactive ketones (excluding diaryl/α,β-unsaturated/α-hetero) is 1. The lowest BCUT2D eigenvalue weighted by Gasteiger charge is -2.03. The molecular formula is C18H16O5S. The number of rotatable bonds is 6. The van der Waals surface area contributed by atoms with E-state index in [1.807, 2.05) is 31.2 Å². The quantitative estimate of drug-likeness (QED) is 0.500. The minimum Gasteiger partial charge on any atom is -0.451 e. The molecule has 24 heavy (non-hydrogen) atoms. The van der Waals surface area contributed by atoms with Gasteiger partial charge in [-0.25, -0.2) is 4.79 Å². The fourth-order valence-corrected chi connectivity index (χ4v) is 3.20. The summed E-state index contributed by atoms with van der Waals surface area (Å²) >= 11 is 1.37. The molecule has 0 bridgehead atoms. The molecule has 0 atom stereocenters. The highest BCUT2D eigenvalue weighted by atomic mass is 32.1. The fourth-order valence-electron chi connectivity index (χ4n) is 2.40. The van der Waals surface area contributed by atoms with Gasteiger partial charge in [-0.15, -0.1) is 11.3 Å². The van der Waals surface area contributed by atoms with Gasteiger partial charge in [-0.05, 0) is 25.1 Å². The molecular weight excluding hydrogens is 328 g/mol. The summed E-state index contributed by atoms with van der Waals surface area (Å²) in [5.74, 6) is -0.820. The summed E-state index contributed by atoms with van der Waals surface area (Å²) in [6.45, 7) is 1.82. The maximum Gasteiger partial charge on any atom is 0.375 e. The van der Waals surface area contributed by atoms with Crippen molar-refractivity contribution in [2.45, 2.75) is 13.5 Å². The number of carbonyl (C=O) groups is 2. The molecule has 0 unspecified atom stereocenters. The molecule has 124 valence electrons. The van der Waals surface area contributed by atoms with E-state index in [1.54, 1.807) is 19.2 Å². The molecule has 0 amide bonds. The van der Waals surface area contributed by atoms with E-state index in [1.165, 1.54) is 11.3 Å². The molecule has 0 aliphatic heterocycles. The molecule has 0 aliphatic carbocycles. The second kappa shape index (κ2) is 6.98. The number of carbonyl (C=O) groups excluding carboxylic acids is 2. The second-order valence-electron chi connectivity index (χ2n) is 5.25. The first-order valence-electron chi connectivity index (χ1n) is 7.36. The van der Waals surface area contributed by atoms with Gasteiger partial charge in [0.1, 0.15) is 5.58 Å². The number of fused-ring (bicyclic) bond motifs is 1. The summed E-state index contributed by atoms with van der Waals surface area (Å²) < 4.78 is 15.9. The maximum atomic E-state index is 12.3. The number of para-hydroxylation sites is 1. The predicted molar refractivity (Wildman–Crippen MR) is 90.6 cm³/mol. The van der Waals surface area contributed by atoms with Gasteiger partial charge in [-0.2, -0.15) is 0 Å². The summed E-state index contributed by atoms with van der Waals surface area (Å²) in [5.41, 5.74) is 1.20. The summed E-state index contributed by atoms with van der Waals surface area (Å²) in [5, 5.41) is 0.798. The van der Waals surface area contributed by atoms with Crippen molar-refractivity contribution in [3.63, 3.8) is 0 Å². The van der Waals surface area contributed by atoms with Crippen LogP contribution in [0.2, 0.25) is 0 Å². The zero-order chi connectivity index (χ0) is 17.1. The van der Waals surface area contributed by atoms with Gasteiger partial charge < -0.3 is 13.9 Å². The number of ketones is 1. The van der Waals surface area contributed by atoms with Crippen LogP contribution in [0.4, 0.5) is 0 Å². The minimum atomic E-state index is -0.667. The SMILES string of the molecule is COCc1c(C(=O)OCC(=O)c2ccc(C)s2)oc2ccccc12. The molecule has 0 aliphatic rings. The highest BCUT2D eigenvalue weighted by Gasteiger charge is 2.22. The fraction of sp³-hybridized carbons (Fsp3) is 0.222. The minimum absolute atomic E-state index is 0.0770. The lowest BCUT2D eigenvalue weighted by molar-refractivity contribution is 0.0442. The van der Waals surface area contributed by atoms with E-state index >= 15 is 0 Å². The first kappa shape index (κ1) is 16.4. The Morgan fingerprint density at radius 1 is 1.17 bits per heavy atom. The summed E-state index contributed by atoms with van der Waals surface area (Å²) in [6.07, 6.45) is 0.